The second kappa shape index (κ2) is 4.58. The first-order valence-electron chi connectivity index (χ1n) is 5.12. The van der Waals surface area contributed by atoms with Crippen LogP contribution in [0.4, 0.5) is 5.69 Å². The summed E-state index contributed by atoms with van der Waals surface area (Å²) in [5.41, 5.74) is 3.24. The second-order valence-electron chi connectivity index (χ2n) is 3.83. The third-order valence-corrected chi connectivity index (χ3v) is 2.81. The van der Waals surface area contributed by atoms with Gasteiger partial charge in [-0.25, -0.2) is 4.98 Å². The van der Waals surface area contributed by atoms with Crippen molar-refractivity contribution < 1.29 is 0 Å². The zero-order valence-corrected chi connectivity index (χ0v) is 10.1. The molecule has 0 unspecified atom stereocenters. The Morgan fingerprint density at radius 2 is 2.25 bits per heavy atom. The summed E-state index contributed by atoms with van der Waals surface area (Å²) in [6.07, 6.45) is 3.63. The van der Waals surface area contributed by atoms with Crippen LogP contribution in [0.5, 0.6) is 0 Å². The first-order chi connectivity index (χ1) is 7.66. The number of halogens is 1. The fraction of sp³-hybridized carbons (Fsp3) is 0.250. The zero-order valence-electron chi connectivity index (χ0n) is 9.37. The Bertz CT molecular complexity index is 491. The van der Waals surface area contributed by atoms with Crippen molar-refractivity contribution in [2.45, 2.75) is 13.5 Å². The summed E-state index contributed by atoms with van der Waals surface area (Å²) in [4.78, 5) is 4.06. The first kappa shape index (κ1) is 11.0. The third kappa shape index (κ3) is 2.36. The number of imidazole rings is 1. The summed E-state index contributed by atoms with van der Waals surface area (Å²) in [5, 5.41) is 4.04. The van der Waals surface area contributed by atoms with Crippen molar-refractivity contribution >= 4 is 17.3 Å². The quantitative estimate of drug-likeness (QED) is 0.887. The standard InChI is InChI=1S/C12H14ClN3/c1-9-3-4-12(11(13)5-9)15-7-10-6-14-8-16(10)2/h3-6,8,15H,7H2,1-2H3. The van der Waals surface area contributed by atoms with E-state index in [1.165, 1.54) is 0 Å². The molecule has 1 aromatic heterocycles. The lowest BCUT2D eigenvalue weighted by atomic mass is 10.2. The van der Waals surface area contributed by atoms with Crippen LogP contribution in [0, 0.1) is 6.92 Å². The monoisotopic (exact) mass is 235 g/mol. The molecule has 0 saturated heterocycles. The largest absolute Gasteiger partial charge is 0.378 e. The predicted molar refractivity (Wildman–Crippen MR) is 66.7 cm³/mol. The molecule has 0 atom stereocenters. The van der Waals surface area contributed by atoms with Crippen LogP contribution in [0.1, 0.15) is 11.3 Å². The number of rotatable bonds is 3. The number of hydrogen-bond donors (Lipinski definition) is 1. The van der Waals surface area contributed by atoms with Gasteiger partial charge in [-0.05, 0) is 24.6 Å². The summed E-state index contributed by atoms with van der Waals surface area (Å²) in [5.74, 6) is 0. The molecule has 0 saturated carbocycles. The van der Waals surface area contributed by atoms with E-state index in [-0.39, 0.29) is 0 Å². The van der Waals surface area contributed by atoms with Gasteiger partial charge in [0.1, 0.15) is 0 Å². The fourth-order valence-electron chi connectivity index (χ4n) is 1.50. The van der Waals surface area contributed by atoms with E-state index >= 15 is 0 Å². The first-order valence-corrected chi connectivity index (χ1v) is 5.50. The average molecular weight is 236 g/mol. The molecule has 0 amide bonds. The third-order valence-electron chi connectivity index (χ3n) is 2.50. The minimum absolute atomic E-state index is 0.722. The van der Waals surface area contributed by atoms with Crippen molar-refractivity contribution in [1.82, 2.24) is 9.55 Å². The summed E-state index contributed by atoms with van der Waals surface area (Å²) in [6.45, 7) is 2.75. The number of nitrogens with one attached hydrogen (secondary N) is 1. The lowest BCUT2D eigenvalue weighted by Gasteiger charge is -2.09. The minimum Gasteiger partial charge on any atom is -0.378 e. The van der Waals surface area contributed by atoms with Gasteiger partial charge in [0.25, 0.3) is 0 Å². The second-order valence-corrected chi connectivity index (χ2v) is 4.24. The predicted octanol–water partition coefficient (Wildman–Crippen LogP) is 2.99. The Morgan fingerprint density at radius 1 is 1.44 bits per heavy atom. The van der Waals surface area contributed by atoms with Crippen molar-refractivity contribution in [3.8, 4) is 0 Å². The van der Waals surface area contributed by atoms with E-state index in [1.54, 1.807) is 6.33 Å². The summed E-state index contributed by atoms with van der Waals surface area (Å²) in [6, 6.07) is 5.98. The smallest absolute Gasteiger partial charge is 0.0946 e. The van der Waals surface area contributed by atoms with Crippen LogP contribution in [-0.2, 0) is 13.6 Å². The molecular formula is C12H14ClN3. The molecule has 0 aliphatic rings. The molecule has 16 heavy (non-hydrogen) atoms. The topological polar surface area (TPSA) is 29.9 Å². The van der Waals surface area contributed by atoms with Gasteiger partial charge in [-0.15, -0.1) is 0 Å². The maximum Gasteiger partial charge on any atom is 0.0946 e. The summed E-state index contributed by atoms with van der Waals surface area (Å²) < 4.78 is 1.98. The van der Waals surface area contributed by atoms with E-state index in [0.717, 1.165) is 28.5 Å². The number of benzene rings is 1. The molecule has 1 aromatic carbocycles. The van der Waals surface area contributed by atoms with Crippen molar-refractivity contribution in [1.29, 1.82) is 0 Å². The Balaban J connectivity index is 2.08. The molecular weight excluding hydrogens is 222 g/mol. The molecule has 2 rings (SSSR count). The molecule has 0 spiro atoms. The van der Waals surface area contributed by atoms with Crippen LogP contribution in [0.2, 0.25) is 5.02 Å². The molecule has 0 aliphatic carbocycles. The maximum atomic E-state index is 6.12. The molecule has 0 fully saturated rings. The van der Waals surface area contributed by atoms with E-state index in [4.69, 9.17) is 11.6 Å². The lowest BCUT2D eigenvalue weighted by Crippen LogP contribution is -2.04. The van der Waals surface area contributed by atoms with Gasteiger partial charge in [0.05, 0.1) is 29.3 Å². The number of nitrogens with zero attached hydrogens (tertiary/aromatic N) is 2. The van der Waals surface area contributed by atoms with Gasteiger partial charge in [0.2, 0.25) is 0 Å². The summed E-state index contributed by atoms with van der Waals surface area (Å²) >= 11 is 6.12. The fourth-order valence-corrected chi connectivity index (χ4v) is 1.81. The van der Waals surface area contributed by atoms with Crippen LogP contribution >= 0.6 is 11.6 Å². The average Bonchev–Trinajstić information content (AvgIpc) is 2.63. The molecule has 84 valence electrons. The highest BCUT2D eigenvalue weighted by atomic mass is 35.5. The molecule has 3 nitrogen and oxygen atoms in total. The highest BCUT2D eigenvalue weighted by molar-refractivity contribution is 6.33. The van der Waals surface area contributed by atoms with Crippen LogP contribution in [0.25, 0.3) is 0 Å². The lowest BCUT2D eigenvalue weighted by molar-refractivity contribution is 0.837. The molecule has 1 N–H and O–H groups in total. The highest BCUT2D eigenvalue weighted by Crippen LogP contribution is 2.23. The zero-order chi connectivity index (χ0) is 11.5. The van der Waals surface area contributed by atoms with Gasteiger partial charge < -0.3 is 9.88 Å². The Morgan fingerprint density at radius 3 is 2.88 bits per heavy atom. The molecule has 0 aliphatic heterocycles. The molecule has 0 radical (unpaired) electrons. The van der Waals surface area contributed by atoms with Crippen molar-refractivity contribution in [3.05, 3.63) is 47.0 Å². The summed E-state index contributed by atoms with van der Waals surface area (Å²) in [7, 11) is 1.97. The maximum absolute atomic E-state index is 6.12. The van der Waals surface area contributed by atoms with Gasteiger partial charge in [0, 0.05) is 13.2 Å². The van der Waals surface area contributed by atoms with Gasteiger partial charge in [-0.2, -0.15) is 0 Å². The van der Waals surface area contributed by atoms with E-state index in [0.29, 0.717) is 0 Å². The Hall–Kier alpha value is -1.48. The van der Waals surface area contributed by atoms with Crippen molar-refractivity contribution in [3.63, 3.8) is 0 Å². The van der Waals surface area contributed by atoms with Crippen LogP contribution < -0.4 is 5.32 Å². The van der Waals surface area contributed by atoms with Gasteiger partial charge in [0.15, 0.2) is 0 Å². The highest BCUT2D eigenvalue weighted by Gasteiger charge is 2.01. The van der Waals surface area contributed by atoms with E-state index in [9.17, 15) is 0 Å². The van der Waals surface area contributed by atoms with E-state index in [1.807, 2.05) is 42.9 Å². The van der Waals surface area contributed by atoms with Gasteiger partial charge in [-0.1, -0.05) is 17.7 Å². The van der Waals surface area contributed by atoms with Crippen LogP contribution in [-0.4, -0.2) is 9.55 Å². The Kier molecular flexibility index (Phi) is 3.15. The van der Waals surface area contributed by atoms with Gasteiger partial charge >= 0.3 is 0 Å². The SMILES string of the molecule is Cc1ccc(NCc2cncn2C)c(Cl)c1. The minimum atomic E-state index is 0.722. The molecule has 0 bridgehead atoms. The van der Waals surface area contributed by atoms with Gasteiger partial charge in [-0.3, -0.25) is 0 Å². The van der Waals surface area contributed by atoms with Crippen molar-refractivity contribution in [2.24, 2.45) is 7.05 Å². The number of hydrogen-bond acceptors (Lipinski definition) is 2. The molecule has 4 heteroatoms. The van der Waals surface area contributed by atoms with E-state index < -0.39 is 0 Å². The molecule has 2 aromatic rings. The van der Waals surface area contributed by atoms with Crippen LogP contribution in [0.3, 0.4) is 0 Å². The number of anilines is 1. The molecule has 1 heterocycles. The Labute approximate surface area is 100 Å². The normalized spacial score (nSPS) is 10.4. The number of aromatic nitrogens is 2. The number of aryl methyl sites for hydroxylation is 2. The van der Waals surface area contributed by atoms with Crippen LogP contribution in [0.15, 0.2) is 30.7 Å². The van der Waals surface area contributed by atoms with Crippen molar-refractivity contribution in [2.75, 3.05) is 5.32 Å². The van der Waals surface area contributed by atoms with E-state index in [2.05, 4.69) is 10.3 Å².